The van der Waals surface area contributed by atoms with Crippen molar-refractivity contribution in [2.24, 2.45) is 0 Å². The molecule has 0 aromatic heterocycles. The summed E-state index contributed by atoms with van der Waals surface area (Å²) in [5.41, 5.74) is 0. The van der Waals surface area contributed by atoms with Crippen LogP contribution in [0, 0.1) is 0 Å². The Morgan fingerprint density at radius 2 is 1.04 bits per heavy atom. The van der Waals surface area contributed by atoms with Crippen molar-refractivity contribution in [2.75, 3.05) is 21.1 Å². The Bertz CT molecular complexity index is 342. The quantitative estimate of drug-likeness (QED) is 0.0853. The predicted molar refractivity (Wildman–Crippen MR) is 118 cm³/mol. The molecule has 0 aliphatic carbocycles. The van der Waals surface area contributed by atoms with Gasteiger partial charge in [0.15, 0.2) is 0 Å². The van der Waals surface area contributed by atoms with Gasteiger partial charge in [-0.15, -0.1) is 0 Å². The van der Waals surface area contributed by atoms with E-state index in [1.54, 1.807) is 0 Å². The minimum atomic E-state index is -0.0235. The van der Waals surface area contributed by atoms with Crippen molar-refractivity contribution in [1.29, 1.82) is 0 Å². The number of nitrogens with zero attached hydrogens (tertiary/aromatic N) is 1. The van der Waals surface area contributed by atoms with E-state index >= 15 is 0 Å². The maximum Gasteiger partial charge on any atom is 0.310 e. The van der Waals surface area contributed by atoms with Crippen LogP contribution in [0.4, 0.5) is 0 Å². The Balaban J connectivity index is 0. The molecule has 0 N–H and O–H groups in total. The number of unbranched alkanes of at least 4 members (excludes halogenated alkanes) is 14. The highest BCUT2D eigenvalue weighted by molar-refractivity contribution is 5.69. The number of rotatable bonds is 19. The predicted octanol–water partition coefficient (Wildman–Crippen LogP) is 4.24. The largest absolute Gasteiger partial charge is 1.00 e. The van der Waals surface area contributed by atoms with Crippen LogP contribution >= 0.6 is 0 Å². The molecule has 1 atom stereocenters. The molecule has 4 heteroatoms. The van der Waals surface area contributed by atoms with Gasteiger partial charge < -0.3 is 28.7 Å². The average molecular weight is 512 g/mol. The minimum Gasteiger partial charge on any atom is -1.00 e. The summed E-state index contributed by atoms with van der Waals surface area (Å²) in [6, 6.07) is 0. The average Bonchev–Trinajstić information content (AvgIpc) is 2.62. The highest BCUT2D eigenvalue weighted by atomic mass is 127. The van der Waals surface area contributed by atoms with Crippen molar-refractivity contribution >= 4 is 5.97 Å². The molecule has 1 unspecified atom stereocenters. The van der Waals surface area contributed by atoms with Crippen LogP contribution in [0.25, 0.3) is 0 Å². The molecule has 0 aromatic carbocycles. The van der Waals surface area contributed by atoms with Gasteiger partial charge in [-0.3, -0.25) is 9.28 Å². The van der Waals surface area contributed by atoms with Crippen LogP contribution < -0.4 is 24.0 Å². The third-order valence-electron chi connectivity index (χ3n) is 5.47. The molecule has 0 aliphatic heterocycles. The zero-order valence-electron chi connectivity index (χ0n) is 19.7. The summed E-state index contributed by atoms with van der Waals surface area (Å²) in [6.45, 7) is 4.36. The topological polar surface area (TPSA) is 26.3 Å². The first-order valence-electron chi connectivity index (χ1n) is 11.9. The summed E-state index contributed by atoms with van der Waals surface area (Å²) in [4.78, 5) is 12.0. The summed E-state index contributed by atoms with van der Waals surface area (Å²) in [7, 11) is 6.24. The van der Waals surface area contributed by atoms with E-state index in [9.17, 15) is 4.79 Å². The first kappa shape index (κ1) is 30.4. The summed E-state index contributed by atoms with van der Waals surface area (Å²) in [6.07, 6.45) is 21.7. The second kappa shape index (κ2) is 20.4. The first-order valence-corrected chi connectivity index (χ1v) is 11.9. The molecule has 0 saturated carbocycles. The molecule has 170 valence electrons. The van der Waals surface area contributed by atoms with Crippen molar-refractivity contribution in [2.45, 2.75) is 129 Å². The standard InChI is InChI=1S/C24H50NO2.HI/c1-6-8-9-10-11-12-13-14-15-16-17-18-19-20-21-22-24(26)27-23(7-2)25(3,4)5;/h23H,6-22H2,1-5H3;1H/q+1;/p-1. The lowest BCUT2D eigenvalue weighted by atomic mass is 10.0. The van der Waals surface area contributed by atoms with E-state index in [1.165, 1.54) is 83.5 Å². The zero-order valence-corrected chi connectivity index (χ0v) is 21.9. The zero-order chi connectivity index (χ0) is 20.4. The van der Waals surface area contributed by atoms with Gasteiger partial charge in [0.1, 0.15) is 0 Å². The molecule has 0 bridgehead atoms. The molecule has 28 heavy (non-hydrogen) atoms. The van der Waals surface area contributed by atoms with Crippen molar-refractivity contribution in [3.8, 4) is 0 Å². The fourth-order valence-electron chi connectivity index (χ4n) is 3.64. The molecule has 0 saturated heterocycles. The van der Waals surface area contributed by atoms with Gasteiger partial charge >= 0.3 is 5.97 Å². The van der Waals surface area contributed by atoms with Crippen molar-refractivity contribution < 1.29 is 38.0 Å². The summed E-state index contributed by atoms with van der Waals surface area (Å²) in [5, 5.41) is 0. The normalized spacial score (nSPS) is 12.5. The van der Waals surface area contributed by atoms with Crippen LogP contribution in [-0.2, 0) is 9.53 Å². The van der Waals surface area contributed by atoms with Crippen LogP contribution in [0.15, 0.2) is 0 Å². The number of quaternary nitrogens is 1. The van der Waals surface area contributed by atoms with Gasteiger partial charge in [-0.2, -0.15) is 0 Å². The van der Waals surface area contributed by atoms with Crippen LogP contribution in [0.1, 0.15) is 123 Å². The number of halogens is 1. The van der Waals surface area contributed by atoms with Gasteiger partial charge in [-0.1, -0.05) is 104 Å². The lowest BCUT2D eigenvalue weighted by Crippen LogP contribution is -3.00. The molecule has 0 heterocycles. The fourth-order valence-corrected chi connectivity index (χ4v) is 3.64. The molecule has 0 aromatic rings. The van der Waals surface area contributed by atoms with Gasteiger partial charge in [0.2, 0.25) is 6.23 Å². The first-order chi connectivity index (χ1) is 12.9. The highest BCUT2D eigenvalue weighted by Gasteiger charge is 2.25. The van der Waals surface area contributed by atoms with Gasteiger partial charge in [0.25, 0.3) is 0 Å². The molecular weight excluding hydrogens is 461 g/mol. The number of hydrogen-bond acceptors (Lipinski definition) is 2. The van der Waals surface area contributed by atoms with Crippen LogP contribution in [0.2, 0.25) is 0 Å². The maximum absolute atomic E-state index is 12.0. The van der Waals surface area contributed by atoms with E-state index in [0.717, 1.165) is 19.3 Å². The lowest BCUT2D eigenvalue weighted by molar-refractivity contribution is -0.917. The van der Waals surface area contributed by atoms with Crippen LogP contribution in [-0.4, -0.2) is 37.8 Å². The minimum absolute atomic E-state index is 0. The van der Waals surface area contributed by atoms with Gasteiger partial charge in [-0.05, 0) is 6.42 Å². The van der Waals surface area contributed by atoms with E-state index in [0.29, 0.717) is 10.9 Å². The molecule has 0 rings (SSSR count). The summed E-state index contributed by atoms with van der Waals surface area (Å²) >= 11 is 0. The molecule has 3 nitrogen and oxygen atoms in total. The Kier molecular flexibility index (Phi) is 22.2. The number of carbonyl (C=O) groups is 1. The SMILES string of the molecule is CCCCCCCCCCCCCCCCCC(=O)OC(CC)[N+](C)(C)C.[I-]. The fraction of sp³-hybridized carbons (Fsp3) is 0.958. The lowest BCUT2D eigenvalue weighted by Gasteiger charge is -2.32. The van der Waals surface area contributed by atoms with Crippen LogP contribution in [0.5, 0.6) is 0 Å². The van der Waals surface area contributed by atoms with Crippen molar-refractivity contribution in [1.82, 2.24) is 0 Å². The van der Waals surface area contributed by atoms with Crippen molar-refractivity contribution in [3.05, 3.63) is 0 Å². The molecule has 0 spiro atoms. The Morgan fingerprint density at radius 1 is 0.679 bits per heavy atom. The van der Waals surface area contributed by atoms with Crippen LogP contribution in [0.3, 0.4) is 0 Å². The van der Waals surface area contributed by atoms with Gasteiger partial charge in [-0.25, -0.2) is 0 Å². The molecule has 0 aliphatic rings. The molecular formula is C24H50INO2. The Morgan fingerprint density at radius 3 is 1.36 bits per heavy atom. The smallest absolute Gasteiger partial charge is 0.310 e. The molecule has 0 radical (unpaired) electrons. The number of ether oxygens (including phenoxy) is 1. The van der Waals surface area contributed by atoms with Crippen molar-refractivity contribution in [3.63, 3.8) is 0 Å². The second-order valence-electron chi connectivity index (χ2n) is 9.17. The number of esters is 1. The van der Waals surface area contributed by atoms with Gasteiger partial charge in [0, 0.05) is 12.8 Å². The summed E-state index contributed by atoms with van der Waals surface area (Å²) in [5.74, 6) is -0.0235. The highest BCUT2D eigenvalue weighted by Crippen LogP contribution is 2.15. The number of hydrogen-bond donors (Lipinski definition) is 0. The van der Waals surface area contributed by atoms with E-state index in [-0.39, 0.29) is 36.2 Å². The third kappa shape index (κ3) is 19.5. The Hall–Kier alpha value is 0.160. The molecule has 0 amide bonds. The third-order valence-corrected chi connectivity index (χ3v) is 5.47. The summed E-state index contributed by atoms with van der Waals surface area (Å²) < 4.78 is 6.30. The van der Waals surface area contributed by atoms with E-state index < -0.39 is 0 Å². The van der Waals surface area contributed by atoms with E-state index in [4.69, 9.17) is 4.74 Å². The second-order valence-corrected chi connectivity index (χ2v) is 9.17. The maximum atomic E-state index is 12.0. The number of carbonyl (C=O) groups excluding carboxylic acids is 1. The van der Waals surface area contributed by atoms with E-state index in [2.05, 4.69) is 35.0 Å². The van der Waals surface area contributed by atoms with E-state index in [1.807, 2.05) is 0 Å². The molecule has 0 fully saturated rings. The van der Waals surface area contributed by atoms with Gasteiger partial charge in [0.05, 0.1) is 21.1 Å². The Labute approximate surface area is 194 Å². The monoisotopic (exact) mass is 511 g/mol.